The highest BCUT2D eigenvalue weighted by molar-refractivity contribution is 14.1. The van der Waals surface area contributed by atoms with Crippen LogP contribution in [0.3, 0.4) is 0 Å². The molecule has 1 aromatic rings. The lowest BCUT2D eigenvalue weighted by Crippen LogP contribution is -2.17. The number of rotatable bonds is 1. The van der Waals surface area contributed by atoms with Gasteiger partial charge in [0.2, 0.25) is 0 Å². The van der Waals surface area contributed by atoms with E-state index < -0.39 is 17.9 Å². The van der Waals surface area contributed by atoms with Crippen LogP contribution in [0, 0.1) is 3.70 Å². The molecule has 78 valence electrons. The van der Waals surface area contributed by atoms with Crippen LogP contribution < -0.4 is 4.74 Å². The fourth-order valence-corrected chi connectivity index (χ4v) is 1.41. The molecule has 0 fully saturated rings. The summed E-state index contributed by atoms with van der Waals surface area (Å²) in [5, 5.41) is 9.22. The van der Waals surface area contributed by atoms with Crippen LogP contribution in [0.4, 0.5) is 13.2 Å². The van der Waals surface area contributed by atoms with Gasteiger partial charge in [-0.1, -0.05) is 0 Å². The highest BCUT2D eigenvalue weighted by Crippen LogP contribution is 2.39. The highest BCUT2D eigenvalue weighted by Gasteiger charge is 2.34. The Morgan fingerprint density at radius 1 is 1.50 bits per heavy atom. The fraction of sp³-hybridized carbons (Fsp3) is 0.167. The number of ether oxygens (including phenoxy) is 1. The Kier molecular flexibility index (Phi) is 3.45. The van der Waals surface area contributed by atoms with Gasteiger partial charge in [0.1, 0.15) is 3.70 Å². The minimum Gasteiger partial charge on any atom is -0.502 e. The summed E-state index contributed by atoms with van der Waals surface area (Å²) in [5.74, 6) is -1.32. The zero-order valence-corrected chi connectivity index (χ0v) is 10.0. The van der Waals surface area contributed by atoms with Crippen LogP contribution in [-0.2, 0) is 0 Å². The zero-order chi connectivity index (χ0) is 10.9. The molecule has 0 aromatic carbocycles. The molecular formula is C6H2BrF3INO2. The van der Waals surface area contributed by atoms with Gasteiger partial charge in [-0.3, -0.25) is 0 Å². The monoisotopic (exact) mass is 383 g/mol. The maximum absolute atomic E-state index is 11.9. The molecule has 14 heavy (non-hydrogen) atoms. The molecule has 1 heterocycles. The average molecular weight is 384 g/mol. The van der Waals surface area contributed by atoms with E-state index in [0.717, 1.165) is 6.20 Å². The summed E-state index contributed by atoms with van der Waals surface area (Å²) in [4.78, 5) is 3.61. The number of nitrogens with zero attached hydrogens (tertiary/aromatic N) is 1. The van der Waals surface area contributed by atoms with Crippen molar-refractivity contribution in [2.45, 2.75) is 6.36 Å². The second-order valence-corrected chi connectivity index (χ2v) is 4.00. The molecule has 1 rings (SSSR count). The van der Waals surface area contributed by atoms with E-state index in [0.29, 0.717) is 0 Å². The van der Waals surface area contributed by atoms with Gasteiger partial charge in [-0.05, 0) is 38.5 Å². The van der Waals surface area contributed by atoms with Crippen molar-refractivity contribution in [3.8, 4) is 11.5 Å². The first-order chi connectivity index (χ1) is 6.31. The molecule has 1 N–H and O–H groups in total. The van der Waals surface area contributed by atoms with Crippen molar-refractivity contribution in [3.05, 3.63) is 14.4 Å². The molecule has 0 aliphatic carbocycles. The van der Waals surface area contributed by atoms with Crippen molar-refractivity contribution in [1.29, 1.82) is 0 Å². The number of pyridine rings is 1. The van der Waals surface area contributed by atoms with Gasteiger partial charge in [-0.25, -0.2) is 4.98 Å². The molecular weight excluding hydrogens is 382 g/mol. The molecule has 1 aromatic heterocycles. The lowest BCUT2D eigenvalue weighted by Gasteiger charge is -2.11. The predicted octanol–water partition coefficient (Wildman–Crippen LogP) is 3.05. The van der Waals surface area contributed by atoms with Gasteiger partial charge in [-0.2, -0.15) is 0 Å². The number of aromatic nitrogens is 1. The third kappa shape index (κ3) is 2.87. The first-order valence-corrected chi connectivity index (χ1v) is 4.97. The van der Waals surface area contributed by atoms with E-state index in [-0.39, 0.29) is 8.17 Å². The van der Waals surface area contributed by atoms with Crippen LogP contribution in [0.1, 0.15) is 0 Å². The molecule has 0 unspecified atom stereocenters. The molecule has 0 saturated carbocycles. The van der Waals surface area contributed by atoms with E-state index >= 15 is 0 Å². The van der Waals surface area contributed by atoms with Gasteiger partial charge in [0.05, 0.1) is 4.47 Å². The summed E-state index contributed by atoms with van der Waals surface area (Å²) in [7, 11) is 0. The average Bonchev–Trinajstić information content (AvgIpc) is 2.04. The minimum atomic E-state index is -4.84. The van der Waals surface area contributed by atoms with Crippen molar-refractivity contribution in [2.24, 2.45) is 0 Å². The van der Waals surface area contributed by atoms with Gasteiger partial charge in [-0.15, -0.1) is 13.2 Å². The van der Waals surface area contributed by atoms with Crippen LogP contribution in [-0.4, -0.2) is 16.5 Å². The predicted molar refractivity (Wildman–Crippen MR) is 53.0 cm³/mol. The number of alkyl halides is 3. The van der Waals surface area contributed by atoms with Crippen molar-refractivity contribution in [2.75, 3.05) is 0 Å². The highest BCUT2D eigenvalue weighted by atomic mass is 127. The third-order valence-corrected chi connectivity index (χ3v) is 2.49. The van der Waals surface area contributed by atoms with Crippen LogP contribution in [0.25, 0.3) is 0 Å². The van der Waals surface area contributed by atoms with E-state index in [9.17, 15) is 18.3 Å². The molecule has 0 bridgehead atoms. The molecule has 0 saturated heterocycles. The fourth-order valence-electron chi connectivity index (χ4n) is 0.653. The van der Waals surface area contributed by atoms with E-state index in [4.69, 9.17) is 0 Å². The van der Waals surface area contributed by atoms with E-state index in [2.05, 4.69) is 25.7 Å². The molecule has 0 spiro atoms. The van der Waals surface area contributed by atoms with E-state index in [1.807, 2.05) is 0 Å². The Bertz CT molecular complexity index is 358. The Labute approximate surface area is 98.5 Å². The lowest BCUT2D eigenvalue weighted by atomic mass is 10.4. The van der Waals surface area contributed by atoms with Crippen molar-refractivity contribution >= 4 is 38.5 Å². The first-order valence-electron chi connectivity index (χ1n) is 3.10. The maximum atomic E-state index is 11.9. The molecule has 8 heteroatoms. The van der Waals surface area contributed by atoms with Gasteiger partial charge in [0.15, 0.2) is 11.5 Å². The maximum Gasteiger partial charge on any atom is 0.573 e. The Hall–Kier alpha value is -0.250. The smallest absolute Gasteiger partial charge is 0.502 e. The summed E-state index contributed by atoms with van der Waals surface area (Å²) in [5.41, 5.74) is 0. The second-order valence-electron chi connectivity index (χ2n) is 2.12. The first kappa shape index (κ1) is 11.8. The van der Waals surface area contributed by atoms with Crippen LogP contribution in [0.2, 0.25) is 0 Å². The van der Waals surface area contributed by atoms with Gasteiger partial charge < -0.3 is 9.84 Å². The number of aromatic hydroxyl groups is 1. The van der Waals surface area contributed by atoms with Crippen LogP contribution >= 0.6 is 38.5 Å². The van der Waals surface area contributed by atoms with Crippen molar-refractivity contribution < 1.29 is 23.0 Å². The summed E-state index contributed by atoms with van der Waals surface area (Å²) in [6, 6.07) is 0. The molecule has 3 nitrogen and oxygen atoms in total. The van der Waals surface area contributed by atoms with E-state index in [1.165, 1.54) is 0 Å². The van der Waals surface area contributed by atoms with Crippen LogP contribution in [0.15, 0.2) is 10.7 Å². The molecule has 0 radical (unpaired) electrons. The lowest BCUT2D eigenvalue weighted by molar-refractivity contribution is -0.275. The Morgan fingerprint density at radius 3 is 2.57 bits per heavy atom. The Morgan fingerprint density at radius 2 is 2.07 bits per heavy atom. The minimum absolute atomic E-state index is 0.0325. The quantitative estimate of drug-likeness (QED) is 0.598. The molecule has 0 aliphatic rings. The standard InChI is InChI=1S/C6H2BrF3INO2/c7-2-1-12-5(11)3(13)4(2)14-6(8,9)10/h1,13H. The molecule has 0 amide bonds. The Balaban J connectivity index is 3.13. The summed E-state index contributed by atoms with van der Waals surface area (Å²) < 4.78 is 39.1. The zero-order valence-electron chi connectivity index (χ0n) is 6.27. The SMILES string of the molecule is Oc1c(I)ncc(Br)c1OC(F)(F)F. The summed E-state index contributed by atoms with van der Waals surface area (Å²) in [6.07, 6.45) is -3.73. The topological polar surface area (TPSA) is 42.4 Å². The van der Waals surface area contributed by atoms with Crippen LogP contribution in [0.5, 0.6) is 11.5 Å². The number of hydrogen-bond acceptors (Lipinski definition) is 3. The third-order valence-electron chi connectivity index (χ3n) is 1.14. The second kappa shape index (κ2) is 4.09. The van der Waals surface area contributed by atoms with Gasteiger partial charge in [0.25, 0.3) is 0 Å². The molecule has 0 atom stereocenters. The van der Waals surface area contributed by atoms with E-state index in [1.54, 1.807) is 22.6 Å². The van der Waals surface area contributed by atoms with Crippen molar-refractivity contribution in [1.82, 2.24) is 4.98 Å². The number of hydrogen-bond donors (Lipinski definition) is 1. The summed E-state index contributed by atoms with van der Waals surface area (Å²) >= 11 is 4.37. The largest absolute Gasteiger partial charge is 0.573 e. The number of halogens is 5. The van der Waals surface area contributed by atoms with Gasteiger partial charge in [0, 0.05) is 6.20 Å². The molecule has 0 aliphatic heterocycles. The summed E-state index contributed by atoms with van der Waals surface area (Å²) in [6.45, 7) is 0. The normalized spacial score (nSPS) is 11.5. The van der Waals surface area contributed by atoms with Crippen molar-refractivity contribution in [3.63, 3.8) is 0 Å². The van der Waals surface area contributed by atoms with Gasteiger partial charge >= 0.3 is 6.36 Å².